The van der Waals surface area contributed by atoms with Crippen molar-refractivity contribution in [2.24, 2.45) is 5.92 Å². The van der Waals surface area contributed by atoms with E-state index in [0.29, 0.717) is 18.4 Å². The molecule has 1 aliphatic heterocycles. The molecule has 0 radical (unpaired) electrons. The monoisotopic (exact) mass is 381 g/mol. The summed E-state index contributed by atoms with van der Waals surface area (Å²) in [5, 5.41) is 13.1. The predicted molar refractivity (Wildman–Crippen MR) is 90.5 cm³/mol. The van der Waals surface area contributed by atoms with Crippen LogP contribution in [0, 0.1) is 5.92 Å². The first-order valence-corrected chi connectivity index (χ1v) is 9.69. The number of benzene rings is 1. The molecule has 9 heteroatoms. The summed E-state index contributed by atoms with van der Waals surface area (Å²) in [5.41, 5.74) is 0.413. The van der Waals surface area contributed by atoms with E-state index in [9.17, 15) is 27.9 Å². The molecule has 0 aliphatic carbocycles. The average molecular weight is 381 g/mol. The molecule has 0 saturated carbocycles. The molecule has 1 heterocycles. The number of amides is 1. The van der Waals surface area contributed by atoms with Crippen molar-refractivity contribution in [3.8, 4) is 0 Å². The molecular weight excluding hydrogens is 360 g/mol. The van der Waals surface area contributed by atoms with E-state index in [1.165, 1.54) is 42.4 Å². The standard InChI is InChI=1S/C17H22N2O6S/c1-11(17(22)23)18-16(21)14-4-3-9-19(10-14)26(24,25)15-7-5-13(6-8-15)12(2)20/h5-8,11,14H,3-4,9-10H2,1-2H3,(H,18,21)(H,22,23)/p-1/t11-,14-/m0/s1. The highest BCUT2D eigenvalue weighted by atomic mass is 32.2. The van der Waals surface area contributed by atoms with E-state index in [1.807, 2.05) is 0 Å². The number of hydrogen-bond acceptors (Lipinski definition) is 6. The Morgan fingerprint density at radius 3 is 2.38 bits per heavy atom. The maximum atomic E-state index is 12.8. The third kappa shape index (κ3) is 4.47. The zero-order chi connectivity index (χ0) is 19.5. The Kier molecular flexibility index (Phi) is 6.14. The first-order chi connectivity index (χ1) is 12.1. The number of Topliss-reactive ketones (excluding diaryl/α,β-unsaturated/α-hetero) is 1. The Labute approximate surface area is 152 Å². The summed E-state index contributed by atoms with van der Waals surface area (Å²) in [6.07, 6.45) is 0.962. The number of hydrogen-bond donors (Lipinski definition) is 1. The number of carboxylic acid groups (broad SMARTS) is 1. The first kappa shape index (κ1) is 20.1. The summed E-state index contributed by atoms with van der Waals surface area (Å²) in [5.74, 6) is -2.69. The predicted octanol–water partition coefficient (Wildman–Crippen LogP) is -0.455. The van der Waals surface area contributed by atoms with E-state index in [0.717, 1.165) is 0 Å². The number of aliphatic carboxylic acids is 1. The topological polar surface area (TPSA) is 124 Å². The molecule has 0 spiro atoms. The molecule has 2 atom stereocenters. The Hall–Kier alpha value is -2.26. The normalized spacial score (nSPS) is 19.5. The minimum absolute atomic E-state index is 0.0254. The van der Waals surface area contributed by atoms with Gasteiger partial charge in [-0.15, -0.1) is 0 Å². The van der Waals surface area contributed by atoms with Gasteiger partial charge in [-0.3, -0.25) is 9.59 Å². The molecular formula is C17H21N2O6S-. The number of nitrogens with one attached hydrogen (secondary N) is 1. The molecule has 1 N–H and O–H groups in total. The molecule has 142 valence electrons. The number of carboxylic acids is 1. The molecule has 1 aliphatic rings. The van der Waals surface area contributed by atoms with Gasteiger partial charge < -0.3 is 15.2 Å². The van der Waals surface area contributed by atoms with Crippen LogP contribution in [0.5, 0.6) is 0 Å². The number of ketones is 1. The van der Waals surface area contributed by atoms with Crippen molar-refractivity contribution in [1.82, 2.24) is 9.62 Å². The summed E-state index contributed by atoms with van der Waals surface area (Å²) in [6.45, 7) is 2.94. The number of carbonyl (C=O) groups is 3. The Balaban J connectivity index is 2.13. The lowest BCUT2D eigenvalue weighted by Gasteiger charge is -2.32. The van der Waals surface area contributed by atoms with E-state index in [2.05, 4.69) is 5.32 Å². The second-order valence-corrected chi connectivity index (χ2v) is 8.27. The third-order valence-electron chi connectivity index (χ3n) is 4.37. The second-order valence-electron chi connectivity index (χ2n) is 6.33. The molecule has 0 unspecified atom stereocenters. The van der Waals surface area contributed by atoms with Crippen LogP contribution in [0.4, 0.5) is 0 Å². The van der Waals surface area contributed by atoms with Gasteiger partial charge in [-0.2, -0.15) is 4.31 Å². The number of piperidine rings is 1. The van der Waals surface area contributed by atoms with Gasteiger partial charge in [0.2, 0.25) is 15.9 Å². The highest BCUT2D eigenvalue weighted by Gasteiger charge is 2.33. The van der Waals surface area contributed by atoms with Gasteiger partial charge in [0, 0.05) is 18.7 Å². The summed E-state index contributed by atoms with van der Waals surface area (Å²) in [6, 6.07) is 4.49. The minimum atomic E-state index is -3.80. The lowest BCUT2D eigenvalue weighted by atomic mass is 9.98. The van der Waals surface area contributed by atoms with Crippen molar-refractivity contribution >= 4 is 27.7 Å². The first-order valence-electron chi connectivity index (χ1n) is 8.25. The van der Waals surface area contributed by atoms with Crippen LogP contribution in [0.1, 0.15) is 37.0 Å². The van der Waals surface area contributed by atoms with Crippen LogP contribution in [-0.4, -0.2) is 49.5 Å². The van der Waals surface area contributed by atoms with Crippen molar-refractivity contribution in [3.05, 3.63) is 29.8 Å². The molecule has 8 nitrogen and oxygen atoms in total. The van der Waals surface area contributed by atoms with Crippen molar-refractivity contribution < 1.29 is 27.9 Å². The van der Waals surface area contributed by atoms with E-state index in [-0.39, 0.29) is 23.8 Å². The van der Waals surface area contributed by atoms with Crippen molar-refractivity contribution in [2.45, 2.75) is 37.6 Å². The summed E-state index contributed by atoms with van der Waals surface area (Å²) >= 11 is 0. The van der Waals surface area contributed by atoms with Crippen LogP contribution in [-0.2, 0) is 19.6 Å². The summed E-state index contributed by atoms with van der Waals surface area (Å²) in [4.78, 5) is 34.3. The van der Waals surface area contributed by atoms with Crippen LogP contribution in [0.15, 0.2) is 29.2 Å². The average Bonchev–Trinajstić information content (AvgIpc) is 2.61. The van der Waals surface area contributed by atoms with Crippen molar-refractivity contribution in [3.63, 3.8) is 0 Å². The van der Waals surface area contributed by atoms with Gasteiger partial charge in [0.25, 0.3) is 0 Å². The molecule has 0 aromatic heterocycles. The molecule has 2 rings (SSSR count). The second kappa shape index (κ2) is 7.96. The van der Waals surface area contributed by atoms with Gasteiger partial charge in [-0.25, -0.2) is 8.42 Å². The molecule has 1 saturated heterocycles. The van der Waals surface area contributed by atoms with Gasteiger partial charge in [0.05, 0.1) is 22.8 Å². The molecule has 1 aromatic carbocycles. The van der Waals surface area contributed by atoms with Crippen LogP contribution in [0.25, 0.3) is 0 Å². The number of carbonyl (C=O) groups excluding carboxylic acids is 3. The fourth-order valence-electron chi connectivity index (χ4n) is 2.78. The highest BCUT2D eigenvalue weighted by Crippen LogP contribution is 2.24. The quantitative estimate of drug-likeness (QED) is 0.665. The lowest BCUT2D eigenvalue weighted by molar-refractivity contribution is -0.307. The molecule has 0 bridgehead atoms. The number of sulfonamides is 1. The summed E-state index contributed by atoms with van der Waals surface area (Å²) < 4.78 is 26.8. The van der Waals surface area contributed by atoms with Gasteiger partial charge in [-0.05, 0) is 38.8 Å². The number of rotatable bonds is 6. The zero-order valence-corrected chi connectivity index (χ0v) is 15.4. The Bertz CT molecular complexity index is 803. The zero-order valence-electron chi connectivity index (χ0n) is 14.6. The Morgan fingerprint density at radius 2 is 1.85 bits per heavy atom. The smallest absolute Gasteiger partial charge is 0.243 e. The largest absolute Gasteiger partial charge is 0.548 e. The molecule has 26 heavy (non-hydrogen) atoms. The van der Waals surface area contributed by atoms with E-state index in [4.69, 9.17) is 0 Å². The van der Waals surface area contributed by atoms with Gasteiger partial charge >= 0.3 is 0 Å². The van der Waals surface area contributed by atoms with Gasteiger partial charge in [0.1, 0.15) is 0 Å². The maximum absolute atomic E-state index is 12.8. The molecule has 1 amide bonds. The van der Waals surface area contributed by atoms with Crippen molar-refractivity contribution in [2.75, 3.05) is 13.1 Å². The molecule has 1 aromatic rings. The van der Waals surface area contributed by atoms with Crippen LogP contribution < -0.4 is 10.4 Å². The van der Waals surface area contributed by atoms with E-state index >= 15 is 0 Å². The maximum Gasteiger partial charge on any atom is 0.243 e. The fraction of sp³-hybridized carbons (Fsp3) is 0.471. The summed E-state index contributed by atoms with van der Waals surface area (Å²) in [7, 11) is -3.80. The van der Waals surface area contributed by atoms with E-state index in [1.54, 1.807) is 0 Å². The van der Waals surface area contributed by atoms with E-state index < -0.39 is 33.9 Å². The fourth-order valence-corrected chi connectivity index (χ4v) is 4.30. The van der Waals surface area contributed by atoms with Gasteiger partial charge in [-0.1, -0.05) is 12.1 Å². The van der Waals surface area contributed by atoms with Crippen LogP contribution in [0.2, 0.25) is 0 Å². The van der Waals surface area contributed by atoms with Gasteiger partial charge in [0.15, 0.2) is 5.78 Å². The van der Waals surface area contributed by atoms with Crippen molar-refractivity contribution in [1.29, 1.82) is 0 Å². The minimum Gasteiger partial charge on any atom is -0.548 e. The third-order valence-corrected chi connectivity index (χ3v) is 6.25. The SMILES string of the molecule is CC(=O)c1ccc(S(=O)(=O)N2CCC[C@H](C(=O)N[C@@H](C)C(=O)[O-])C2)cc1. The number of nitrogens with zero attached hydrogens (tertiary/aromatic N) is 1. The highest BCUT2D eigenvalue weighted by molar-refractivity contribution is 7.89. The van der Waals surface area contributed by atoms with Crippen LogP contribution in [0.3, 0.4) is 0 Å². The van der Waals surface area contributed by atoms with Crippen LogP contribution >= 0.6 is 0 Å². The lowest BCUT2D eigenvalue weighted by Crippen LogP contribution is -2.51. The Morgan fingerprint density at radius 1 is 1.23 bits per heavy atom. The molecule has 1 fully saturated rings.